The van der Waals surface area contributed by atoms with E-state index >= 15 is 0 Å². The van der Waals surface area contributed by atoms with Crippen LogP contribution in [0.3, 0.4) is 0 Å². The number of guanidine groups is 1. The molecule has 3 aliphatic rings. The third-order valence-corrected chi connectivity index (χ3v) is 7.34. The van der Waals surface area contributed by atoms with Crippen LogP contribution in [0, 0.1) is 11.8 Å². The molecule has 1 aromatic carbocycles. The number of benzene rings is 1. The lowest BCUT2D eigenvalue weighted by Gasteiger charge is -2.36. The normalized spacial score (nSPS) is 26.0. The summed E-state index contributed by atoms with van der Waals surface area (Å²) in [4.78, 5) is 7.69. The Balaban J connectivity index is 0.00000289. The summed E-state index contributed by atoms with van der Waals surface area (Å²) in [6.45, 7) is 8.47. The quantitative estimate of drug-likeness (QED) is 0.284. The first kappa shape index (κ1) is 25.8. The van der Waals surface area contributed by atoms with Gasteiger partial charge in [0.05, 0.1) is 6.10 Å². The van der Waals surface area contributed by atoms with Crippen LogP contribution in [0.5, 0.6) is 0 Å². The van der Waals surface area contributed by atoms with E-state index in [1.165, 1.54) is 70.1 Å². The molecule has 32 heavy (non-hydrogen) atoms. The van der Waals surface area contributed by atoms with Crippen molar-refractivity contribution in [3.05, 3.63) is 35.9 Å². The summed E-state index contributed by atoms with van der Waals surface area (Å²) in [6.07, 6.45) is 10.9. The number of aliphatic imine (C=N–C) groups is 1. The van der Waals surface area contributed by atoms with Gasteiger partial charge in [0.2, 0.25) is 0 Å². The third-order valence-electron chi connectivity index (χ3n) is 7.34. The second-order valence-corrected chi connectivity index (χ2v) is 9.69. The molecule has 0 amide bonds. The van der Waals surface area contributed by atoms with Gasteiger partial charge in [-0.15, -0.1) is 24.0 Å². The molecule has 180 valence electrons. The number of nitrogens with zero attached hydrogens (tertiary/aromatic N) is 2. The maximum Gasteiger partial charge on any atom is 0.191 e. The smallest absolute Gasteiger partial charge is 0.191 e. The van der Waals surface area contributed by atoms with Crippen molar-refractivity contribution in [1.82, 2.24) is 15.5 Å². The van der Waals surface area contributed by atoms with Crippen LogP contribution in [-0.2, 0) is 4.74 Å². The zero-order valence-corrected chi connectivity index (χ0v) is 22.1. The highest BCUT2D eigenvalue weighted by Gasteiger charge is 2.29. The van der Waals surface area contributed by atoms with E-state index in [2.05, 4.69) is 52.8 Å². The number of rotatable bonds is 7. The monoisotopic (exact) mass is 554 g/mol. The molecule has 2 unspecified atom stereocenters. The molecule has 5 nitrogen and oxygen atoms in total. The number of nitrogens with one attached hydrogen (secondary N) is 2. The Labute approximate surface area is 212 Å². The Morgan fingerprint density at radius 2 is 1.78 bits per heavy atom. The van der Waals surface area contributed by atoms with Gasteiger partial charge in [0, 0.05) is 51.3 Å². The molecule has 0 aromatic heterocycles. The predicted octanol–water partition coefficient (Wildman–Crippen LogP) is 4.98. The molecule has 6 heteroatoms. The van der Waals surface area contributed by atoms with Crippen molar-refractivity contribution in [2.45, 2.75) is 70.4 Å². The fourth-order valence-electron chi connectivity index (χ4n) is 5.55. The molecule has 1 aromatic rings. The highest BCUT2D eigenvalue weighted by atomic mass is 127. The van der Waals surface area contributed by atoms with E-state index in [1.54, 1.807) is 0 Å². The maximum atomic E-state index is 6.05. The van der Waals surface area contributed by atoms with Crippen LogP contribution in [0.4, 0.5) is 0 Å². The lowest BCUT2D eigenvalue weighted by atomic mass is 9.88. The minimum absolute atomic E-state index is 0. The predicted molar refractivity (Wildman–Crippen MR) is 144 cm³/mol. The number of likely N-dealkylation sites (tertiary alicyclic amines) is 1. The molecule has 0 spiro atoms. The molecule has 0 bridgehead atoms. The van der Waals surface area contributed by atoms with Crippen molar-refractivity contribution < 1.29 is 4.74 Å². The number of hydrogen-bond acceptors (Lipinski definition) is 3. The first-order valence-electron chi connectivity index (χ1n) is 12.8. The van der Waals surface area contributed by atoms with Gasteiger partial charge >= 0.3 is 0 Å². The van der Waals surface area contributed by atoms with Crippen molar-refractivity contribution in [3.63, 3.8) is 0 Å². The van der Waals surface area contributed by atoms with E-state index in [-0.39, 0.29) is 30.1 Å². The second kappa shape index (κ2) is 13.8. The van der Waals surface area contributed by atoms with Gasteiger partial charge in [-0.05, 0) is 50.5 Å². The zero-order valence-electron chi connectivity index (χ0n) is 19.8. The van der Waals surface area contributed by atoms with Gasteiger partial charge in [-0.3, -0.25) is 4.99 Å². The largest absolute Gasteiger partial charge is 0.373 e. The number of hydrogen-bond donors (Lipinski definition) is 2. The average Bonchev–Trinajstić information content (AvgIpc) is 3.29. The fraction of sp³-hybridized carbons (Fsp3) is 0.731. The van der Waals surface area contributed by atoms with Crippen molar-refractivity contribution in [2.75, 3.05) is 39.3 Å². The molecule has 2 N–H and O–H groups in total. The van der Waals surface area contributed by atoms with Crippen LogP contribution in [0.1, 0.15) is 70.0 Å². The fourth-order valence-corrected chi connectivity index (χ4v) is 5.55. The lowest BCUT2D eigenvalue weighted by molar-refractivity contribution is 0.0925. The van der Waals surface area contributed by atoms with Gasteiger partial charge in [0.25, 0.3) is 0 Å². The van der Waals surface area contributed by atoms with E-state index in [9.17, 15) is 0 Å². The van der Waals surface area contributed by atoms with Gasteiger partial charge < -0.3 is 20.3 Å². The summed E-state index contributed by atoms with van der Waals surface area (Å²) in [5, 5.41) is 7.20. The standard InChI is InChI=1S/C26H42N4O.HI/c1-2-27-26(28-19-23-15-18-31-25(23)22-11-7-4-8-12-22)29-24-13-16-30(17-14-24)20-21-9-5-3-6-10-21;/h4,7-8,11-12,21,23-25H,2-3,5-6,9-10,13-20H2,1H3,(H2,27,28,29);1H. The Kier molecular flexibility index (Phi) is 11.1. The molecule has 4 rings (SSSR count). The van der Waals surface area contributed by atoms with E-state index in [4.69, 9.17) is 9.73 Å². The Morgan fingerprint density at radius 1 is 1.03 bits per heavy atom. The van der Waals surface area contributed by atoms with Crippen LogP contribution >= 0.6 is 24.0 Å². The third kappa shape index (κ3) is 7.59. The highest BCUT2D eigenvalue weighted by Crippen LogP contribution is 2.34. The molecular weight excluding hydrogens is 511 g/mol. The molecule has 1 aliphatic carbocycles. The minimum Gasteiger partial charge on any atom is -0.373 e. The first-order valence-corrected chi connectivity index (χ1v) is 12.8. The van der Waals surface area contributed by atoms with Crippen molar-refractivity contribution >= 4 is 29.9 Å². The van der Waals surface area contributed by atoms with E-state index < -0.39 is 0 Å². The summed E-state index contributed by atoms with van der Waals surface area (Å²) in [5.74, 6) is 2.38. The van der Waals surface area contributed by atoms with Crippen LogP contribution in [0.2, 0.25) is 0 Å². The van der Waals surface area contributed by atoms with Gasteiger partial charge in [-0.25, -0.2) is 0 Å². The molecule has 2 heterocycles. The average molecular weight is 555 g/mol. The van der Waals surface area contributed by atoms with E-state index in [0.29, 0.717) is 12.0 Å². The van der Waals surface area contributed by atoms with Crippen LogP contribution < -0.4 is 10.6 Å². The number of halogens is 1. The Hall–Kier alpha value is -0.860. The SMILES string of the molecule is CCNC(=NCC1CCOC1c1ccccc1)NC1CCN(CC2CCCCC2)CC1.I. The maximum absolute atomic E-state index is 6.05. The molecular formula is C26H43IN4O. The summed E-state index contributed by atoms with van der Waals surface area (Å²) in [7, 11) is 0. The van der Waals surface area contributed by atoms with Crippen LogP contribution in [0.25, 0.3) is 0 Å². The molecule has 1 saturated carbocycles. The van der Waals surface area contributed by atoms with Gasteiger partial charge in [0.15, 0.2) is 5.96 Å². The molecule has 2 atom stereocenters. The highest BCUT2D eigenvalue weighted by molar-refractivity contribution is 14.0. The van der Waals surface area contributed by atoms with Crippen molar-refractivity contribution in [1.29, 1.82) is 0 Å². The van der Waals surface area contributed by atoms with Crippen molar-refractivity contribution in [2.24, 2.45) is 16.8 Å². The van der Waals surface area contributed by atoms with E-state index in [1.807, 2.05) is 0 Å². The summed E-state index contributed by atoms with van der Waals surface area (Å²) >= 11 is 0. The van der Waals surface area contributed by atoms with Crippen molar-refractivity contribution in [3.8, 4) is 0 Å². The summed E-state index contributed by atoms with van der Waals surface area (Å²) in [6, 6.07) is 11.2. The lowest BCUT2D eigenvalue weighted by Crippen LogP contribution is -2.49. The van der Waals surface area contributed by atoms with Crippen LogP contribution in [0.15, 0.2) is 35.3 Å². The van der Waals surface area contributed by atoms with Gasteiger partial charge in [-0.2, -0.15) is 0 Å². The number of ether oxygens (including phenoxy) is 1. The van der Waals surface area contributed by atoms with Gasteiger partial charge in [0.1, 0.15) is 0 Å². The Morgan fingerprint density at radius 3 is 2.50 bits per heavy atom. The topological polar surface area (TPSA) is 48.9 Å². The molecule has 2 saturated heterocycles. The van der Waals surface area contributed by atoms with E-state index in [0.717, 1.165) is 38.0 Å². The molecule has 3 fully saturated rings. The molecule has 0 radical (unpaired) electrons. The summed E-state index contributed by atoms with van der Waals surface area (Å²) in [5.41, 5.74) is 1.28. The van der Waals surface area contributed by atoms with Gasteiger partial charge in [-0.1, -0.05) is 49.6 Å². The van der Waals surface area contributed by atoms with Crippen LogP contribution in [-0.4, -0.2) is 56.2 Å². The molecule has 2 aliphatic heterocycles. The minimum atomic E-state index is 0. The Bertz CT molecular complexity index is 672. The second-order valence-electron chi connectivity index (χ2n) is 9.69. The first-order chi connectivity index (χ1) is 15.3. The zero-order chi connectivity index (χ0) is 21.3. The summed E-state index contributed by atoms with van der Waals surface area (Å²) < 4.78 is 6.05. The number of piperidine rings is 1.